The molecule has 0 aromatic heterocycles. The number of benzene rings is 1. The molecular weight excluding hydrogens is 380 g/mol. The number of hydrogen-bond donors (Lipinski definition) is 0. The van der Waals surface area contributed by atoms with Gasteiger partial charge in [-0.15, -0.1) is 0 Å². The van der Waals surface area contributed by atoms with Crippen LogP contribution in [0.1, 0.15) is 45.1 Å². The van der Waals surface area contributed by atoms with Crippen LogP contribution in [-0.2, 0) is 24.3 Å². The molecule has 1 heterocycles. The van der Waals surface area contributed by atoms with Crippen molar-refractivity contribution in [3.8, 4) is 0 Å². The Morgan fingerprint density at radius 3 is 2.50 bits per heavy atom. The van der Waals surface area contributed by atoms with Crippen LogP contribution in [0.2, 0.25) is 0 Å². The van der Waals surface area contributed by atoms with Crippen molar-refractivity contribution in [2.45, 2.75) is 63.5 Å². The molecule has 2 unspecified atom stereocenters. The first kappa shape index (κ1) is 22.4. The maximum absolute atomic E-state index is 12.7. The lowest BCUT2D eigenvalue weighted by molar-refractivity contribution is -0.160. The van der Waals surface area contributed by atoms with E-state index in [4.69, 9.17) is 4.74 Å². The predicted molar refractivity (Wildman–Crippen MR) is 106 cm³/mol. The van der Waals surface area contributed by atoms with Gasteiger partial charge in [-0.2, -0.15) is 4.31 Å². The van der Waals surface area contributed by atoms with Crippen molar-refractivity contribution in [1.82, 2.24) is 9.21 Å². The standard InChI is InChI=1S/C20H30N2O5S/c1-5-17-8-6-7-13-22(17)20(24)16(3)27-19(23)14-21(4)28(25,26)18-11-9-15(2)10-12-18/h9-12,16-17H,5-8,13-14H2,1-4H3. The number of sulfonamides is 1. The first-order valence-corrected chi connectivity index (χ1v) is 11.1. The van der Waals surface area contributed by atoms with E-state index in [0.717, 1.165) is 35.6 Å². The fourth-order valence-corrected chi connectivity index (χ4v) is 4.51. The minimum atomic E-state index is -3.80. The van der Waals surface area contributed by atoms with Crippen molar-refractivity contribution in [3.63, 3.8) is 0 Å². The number of likely N-dealkylation sites (tertiary alicyclic amines) is 1. The van der Waals surface area contributed by atoms with Crippen LogP contribution in [0, 0.1) is 6.92 Å². The van der Waals surface area contributed by atoms with Crippen molar-refractivity contribution < 1.29 is 22.7 Å². The number of aryl methyl sites for hydroxylation is 1. The molecule has 2 rings (SSSR count). The summed E-state index contributed by atoms with van der Waals surface area (Å²) in [6.07, 6.45) is 2.93. The third-order valence-electron chi connectivity index (χ3n) is 5.12. The Bertz CT molecular complexity index is 791. The molecule has 28 heavy (non-hydrogen) atoms. The predicted octanol–water partition coefficient (Wildman–Crippen LogP) is 2.34. The van der Waals surface area contributed by atoms with E-state index in [2.05, 4.69) is 0 Å². The van der Waals surface area contributed by atoms with E-state index in [1.165, 1.54) is 26.1 Å². The zero-order chi connectivity index (χ0) is 20.9. The fourth-order valence-electron chi connectivity index (χ4n) is 3.39. The van der Waals surface area contributed by atoms with Gasteiger partial charge in [-0.3, -0.25) is 9.59 Å². The Kier molecular flexibility index (Phi) is 7.60. The first-order valence-electron chi connectivity index (χ1n) is 9.69. The maximum atomic E-state index is 12.7. The van der Waals surface area contributed by atoms with E-state index in [-0.39, 0.29) is 16.8 Å². The number of carbonyl (C=O) groups excluding carboxylic acids is 2. The van der Waals surface area contributed by atoms with Gasteiger partial charge in [-0.05, 0) is 51.7 Å². The lowest BCUT2D eigenvalue weighted by atomic mass is 9.99. The average molecular weight is 411 g/mol. The minimum absolute atomic E-state index is 0.108. The highest BCUT2D eigenvalue weighted by Crippen LogP contribution is 2.21. The number of amides is 1. The first-order chi connectivity index (χ1) is 13.2. The minimum Gasteiger partial charge on any atom is -0.452 e. The van der Waals surface area contributed by atoms with Crippen LogP contribution < -0.4 is 0 Å². The molecule has 2 atom stereocenters. The molecule has 7 nitrogen and oxygen atoms in total. The summed E-state index contributed by atoms with van der Waals surface area (Å²) < 4.78 is 31.3. The monoisotopic (exact) mass is 410 g/mol. The van der Waals surface area contributed by atoms with Gasteiger partial charge >= 0.3 is 5.97 Å². The van der Waals surface area contributed by atoms with Crippen LogP contribution >= 0.6 is 0 Å². The van der Waals surface area contributed by atoms with Gasteiger partial charge in [0.15, 0.2) is 6.10 Å². The molecule has 1 fully saturated rings. The third-order valence-corrected chi connectivity index (χ3v) is 6.94. The number of rotatable bonds is 7. The van der Waals surface area contributed by atoms with Crippen molar-refractivity contribution in [1.29, 1.82) is 0 Å². The highest BCUT2D eigenvalue weighted by Gasteiger charge is 2.31. The highest BCUT2D eigenvalue weighted by molar-refractivity contribution is 7.89. The van der Waals surface area contributed by atoms with Crippen molar-refractivity contribution in [2.75, 3.05) is 20.1 Å². The van der Waals surface area contributed by atoms with E-state index >= 15 is 0 Å². The summed E-state index contributed by atoms with van der Waals surface area (Å²) in [4.78, 5) is 26.8. The molecule has 1 aromatic rings. The molecular formula is C20H30N2O5S. The van der Waals surface area contributed by atoms with Gasteiger partial charge in [0.05, 0.1) is 4.90 Å². The van der Waals surface area contributed by atoms with Crippen LogP contribution in [0.3, 0.4) is 0 Å². The third kappa shape index (κ3) is 5.32. The summed E-state index contributed by atoms with van der Waals surface area (Å²) in [5.74, 6) is -0.965. The Morgan fingerprint density at radius 1 is 1.25 bits per heavy atom. The topological polar surface area (TPSA) is 84.0 Å². The van der Waals surface area contributed by atoms with Crippen LogP contribution in [-0.4, -0.2) is 61.8 Å². The SMILES string of the molecule is CCC1CCCCN1C(=O)C(C)OC(=O)CN(C)S(=O)(=O)c1ccc(C)cc1. The van der Waals surface area contributed by atoms with E-state index in [0.29, 0.717) is 6.54 Å². The summed E-state index contributed by atoms with van der Waals surface area (Å²) in [6.45, 7) is 5.65. The van der Waals surface area contributed by atoms with Crippen molar-refractivity contribution in [2.24, 2.45) is 0 Å². The number of carbonyl (C=O) groups is 2. The quantitative estimate of drug-likeness (QED) is 0.644. The molecule has 0 bridgehead atoms. The van der Waals surface area contributed by atoms with Crippen LogP contribution in [0.15, 0.2) is 29.2 Å². The number of hydrogen-bond acceptors (Lipinski definition) is 5. The van der Waals surface area contributed by atoms with E-state index in [1.807, 2.05) is 13.8 Å². The fraction of sp³-hybridized carbons (Fsp3) is 0.600. The molecule has 1 aliphatic heterocycles. The van der Waals surface area contributed by atoms with E-state index in [9.17, 15) is 18.0 Å². The van der Waals surface area contributed by atoms with Gasteiger partial charge in [-0.1, -0.05) is 24.6 Å². The summed E-state index contributed by atoms with van der Waals surface area (Å²) in [6, 6.07) is 6.57. The Balaban J connectivity index is 1.96. The molecule has 0 radical (unpaired) electrons. The average Bonchev–Trinajstić information content (AvgIpc) is 2.67. The van der Waals surface area contributed by atoms with Crippen LogP contribution in [0.5, 0.6) is 0 Å². The van der Waals surface area contributed by atoms with Crippen molar-refractivity contribution in [3.05, 3.63) is 29.8 Å². The number of nitrogens with zero attached hydrogens (tertiary/aromatic N) is 2. The zero-order valence-electron chi connectivity index (χ0n) is 17.1. The number of esters is 1. The largest absolute Gasteiger partial charge is 0.452 e. The second-order valence-electron chi connectivity index (χ2n) is 7.30. The molecule has 8 heteroatoms. The van der Waals surface area contributed by atoms with Crippen LogP contribution in [0.25, 0.3) is 0 Å². The van der Waals surface area contributed by atoms with Gasteiger partial charge in [0.1, 0.15) is 6.54 Å². The van der Waals surface area contributed by atoms with Gasteiger partial charge in [0.2, 0.25) is 10.0 Å². The van der Waals surface area contributed by atoms with Gasteiger partial charge in [0.25, 0.3) is 5.91 Å². The Labute approximate surface area is 167 Å². The summed E-state index contributed by atoms with van der Waals surface area (Å²) in [7, 11) is -2.48. The van der Waals surface area contributed by atoms with E-state index in [1.54, 1.807) is 17.0 Å². The molecule has 1 amide bonds. The maximum Gasteiger partial charge on any atom is 0.322 e. The van der Waals surface area contributed by atoms with E-state index < -0.39 is 28.6 Å². The second-order valence-corrected chi connectivity index (χ2v) is 9.34. The van der Waals surface area contributed by atoms with Crippen molar-refractivity contribution >= 4 is 21.9 Å². The molecule has 0 N–H and O–H groups in total. The number of likely N-dealkylation sites (N-methyl/N-ethyl adjacent to an activating group) is 1. The van der Waals surface area contributed by atoms with Crippen LogP contribution in [0.4, 0.5) is 0 Å². The van der Waals surface area contributed by atoms with Gasteiger partial charge in [-0.25, -0.2) is 8.42 Å². The number of ether oxygens (including phenoxy) is 1. The summed E-state index contributed by atoms with van der Waals surface area (Å²) in [5.41, 5.74) is 0.941. The Hall–Kier alpha value is -1.93. The zero-order valence-corrected chi connectivity index (χ0v) is 17.9. The number of piperidine rings is 1. The molecule has 0 saturated carbocycles. The normalized spacial score (nSPS) is 18.8. The molecule has 1 aromatic carbocycles. The Morgan fingerprint density at radius 2 is 1.89 bits per heavy atom. The molecule has 1 saturated heterocycles. The molecule has 0 aliphatic carbocycles. The molecule has 156 valence electrons. The second kappa shape index (κ2) is 9.52. The van der Waals surface area contributed by atoms with Gasteiger partial charge < -0.3 is 9.64 Å². The molecule has 0 spiro atoms. The lowest BCUT2D eigenvalue weighted by Gasteiger charge is -2.36. The molecule has 1 aliphatic rings. The lowest BCUT2D eigenvalue weighted by Crippen LogP contribution is -2.48. The smallest absolute Gasteiger partial charge is 0.322 e. The highest BCUT2D eigenvalue weighted by atomic mass is 32.2. The van der Waals surface area contributed by atoms with Gasteiger partial charge in [0, 0.05) is 19.6 Å². The summed E-state index contributed by atoms with van der Waals surface area (Å²) >= 11 is 0. The summed E-state index contributed by atoms with van der Waals surface area (Å²) in [5, 5.41) is 0.